The van der Waals surface area contributed by atoms with E-state index in [1.807, 2.05) is 97.1 Å². The SMILES string of the molecule is N#Cc1cccc(-c2ccc(-c3ccc(-c4nc(-c5ccccc5)nc(-c5ccccc5)n4)cc3)c3c2oc2c(-c4ccccc4)cc(-c4ccccc4)cc23)c1. The summed E-state index contributed by atoms with van der Waals surface area (Å²) in [5.41, 5.74) is 13.1. The fourth-order valence-corrected chi connectivity index (χ4v) is 7.57. The number of nitriles is 1. The molecule has 8 aromatic carbocycles. The average Bonchev–Trinajstić information content (AvgIpc) is 3.69. The molecule has 0 fully saturated rings. The normalized spacial score (nSPS) is 11.1. The van der Waals surface area contributed by atoms with E-state index in [0.717, 1.165) is 83.1 Å². The summed E-state index contributed by atoms with van der Waals surface area (Å²) in [4.78, 5) is 14.8. The van der Waals surface area contributed by atoms with Crippen molar-refractivity contribution in [2.75, 3.05) is 0 Å². The summed E-state index contributed by atoms with van der Waals surface area (Å²) in [6.07, 6.45) is 0. The maximum atomic E-state index is 9.80. The zero-order chi connectivity index (χ0) is 38.1. The molecule has 5 heteroatoms. The zero-order valence-electron chi connectivity index (χ0n) is 30.7. The average molecular weight is 729 g/mol. The van der Waals surface area contributed by atoms with Gasteiger partial charge in [0.25, 0.3) is 0 Å². The molecule has 0 saturated carbocycles. The van der Waals surface area contributed by atoms with Gasteiger partial charge in [-0.15, -0.1) is 0 Å². The van der Waals surface area contributed by atoms with Crippen molar-refractivity contribution in [2.45, 2.75) is 0 Å². The Balaban J connectivity index is 1.19. The number of hydrogen-bond donors (Lipinski definition) is 0. The Hall–Kier alpha value is -7.94. The highest BCUT2D eigenvalue weighted by Crippen LogP contribution is 2.46. The number of benzene rings is 8. The fourth-order valence-electron chi connectivity index (χ4n) is 7.57. The molecule has 0 aliphatic rings. The highest BCUT2D eigenvalue weighted by atomic mass is 16.3. The third-order valence-electron chi connectivity index (χ3n) is 10.4. The summed E-state index contributed by atoms with van der Waals surface area (Å²) in [5, 5.41) is 11.8. The van der Waals surface area contributed by atoms with Gasteiger partial charge in [0.2, 0.25) is 0 Å². The van der Waals surface area contributed by atoms with Crippen molar-refractivity contribution in [1.82, 2.24) is 15.0 Å². The van der Waals surface area contributed by atoms with Gasteiger partial charge in [-0.3, -0.25) is 0 Å². The molecule has 2 heterocycles. The summed E-state index contributed by atoms with van der Waals surface area (Å²) < 4.78 is 7.04. The van der Waals surface area contributed by atoms with Gasteiger partial charge < -0.3 is 4.42 Å². The van der Waals surface area contributed by atoms with Crippen molar-refractivity contribution in [3.8, 4) is 84.7 Å². The van der Waals surface area contributed by atoms with Crippen molar-refractivity contribution < 1.29 is 4.42 Å². The topological polar surface area (TPSA) is 75.6 Å². The molecular weight excluding hydrogens is 697 g/mol. The molecule has 0 spiro atoms. The van der Waals surface area contributed by atoms with Gasteiger partial charge in [-0.1, -0.05) is 164 Å². The molecular formula is C52H32N4O. The van der Waals surface area contributed by atoms with Crippen LogP contribution in [-0.2, 0) is 0 Å². The maximum absolute atomic E-state index is 9.80. The molecule has 2 aromatic heterocycles. The minimum Gasteiger partial charge on any atom is -0.455 e. The third kappa shape index (κ3) is 6.32. The highest BCUT2D eigenvalue weighted by molar-refractivity contribution is 6.19. The van der Waals surface area contributed by atoms with Crippen LogP contribution in [0.4, 0.5) is 0 Å². The van der Waals surface area contributed by atoms with E-state index in [9.17, 15) is 5.26 Å². The fraction of sp³-hybridized carbons (Fsp3) is 0. The van der Waals surface area contributed by atoms with Gasteiger partial charge >= 0.3 is 0 Å². The van der Waals surface area contributed by atoms with Crippen LogP contribution in [-0.4, -0.2) is 15.0 Å². The Kier molecular flexibility index (Phi) is 8.48. The molecule has 0 radical (unpaired) electrons. The highest BCUT2D eigenvalue weighted by Gasteiger charge is 2.22. The lowest BCUT2D eigenvalue weighted by Gasteiger charge is -2.11. The summed E-state index contributed by atoms with van der Waals surface area (Å²) in [7, 11) is 0. The molecule has 57 heavy (non-hydrogen) atoms. The van der Waals surface area contributed by atoms with Crippen LogP contribution in [0.5, 0.6) is 0 Å². The number of fused-ring (bicyclic) bond motifs is 3. The number of hydrogen-bond acceptors (Lipinski definition) is 5. The van der Waals surface area contributed by atoms with Gasteiger partial charge in [-0.05, 0) is 63.7 Å². The smallest absolute Gasteiger partial charge is 0.164 e. The molecule has 0 aliphatic heterocycles. The van der Waals surface area contributed by atoms with Crippen LogP contribution >= 0.6 is 0 Å². The van der Waals surface area contributed by atoms with E-state index in [1.165, 1.54) is 0 Å². The zero-order valence-corrected chi connectivity index (χ0v) is 30.7. The van der Waals surface area contributed by atoms with Gasteiger partial charge in [0.15, 0.2) is 17.5 Å². The molecule has 0 atom stereocenters. The van der Waals surface area contributed by atoms with E-state index in [-0.39, 0.29) is 0 Å². The second kappa shape index (κ2) is 14.4. The number of nitrogens with zero attached hydrogens (tertiary/aromatic N) is 4. The number of furan rings is 1. The quantitative estimate of drug-likeness (QED) is 0.163. The van der Waals surface area contributed by atoms with Gasteiger partial charge in [-0.25, -0.2) is 15.0 Å². The van der Waals surface area contributed by atoms with Crippen LogP contribution in [0, 0.1) is 11.3 Å². The van der Waals surface area contributed by atoms with Crippen LogP contribution in [0.1, 0.15) is 5.56 Å². The molecule has 0 amide bonds. The van der Waals surface area contributed by atoms with Crippen molar-refractivity contribution >= 4 is 21.9 Å². The Morgan fingerprint density at radius 2 is 0.825 bits per heavy atom. The lowest BCUT2D eigenvalue weighted by atomic mass is 9.91. The van der Waals surface area contributed by atoms with Gasteiger partial charge in [0.05, 0.1) is 11.6 Å². The first-order chi connectivity index (χ1) is 28.2. The van der Waals surface area contributed by atoms with Gasteiger partial charge in [-0.2, -0.15) is 5.26 Å². The van der Waals surface area contributed by atoms with E-state index in [2.05, 4.69) is 103 Å². The first-order valence-electron chi connectivity index (χ1n) is 18.8. The molecule has 0 bridgehead atoms. The van der Waals surface area contributed by atoms with Crippen LogP contribution in [0.25, 0.3) is 101 Å². The lowest BCUT2D eigenvalue weighted by Crippen LogP contribution is -2.00. The van der Waals surface area contributed by atoms with Gasteiger partial charge in [0.1, 0.15) is 11.2 Å². The number of rotatable bonds is 7. The molecule has 0 aliphatic carbocycles. The van der Waals surface area contributed by atoms with Crippen molar-refractivity contribution in [1.29, 1.82) is 5.26 Å². The van der Waals surface area contributed by atoms with E-state index in [1.54, 1.807) is 0 Å². The largest absolute Gasteiger partial charge is 0.455 e. The Labute approximate surface area is 329 Å². The van der Waals surface area contributed by atoms with E-state index < -0.39 is 0 Å². The van der Waals surface area contributed by atoms with Crippen LogP contribution < -0.4 is 0 Å². The third-order valence-corrected chi connectivity index (χ3v) is 10.4. The predicted molar refractivity (Wildman–Crippen MR) is 230 cm³/mol. The molecule has 10 aromatic rings. The maximum Gasteiger partial charge on any atom is 0.164 e. The summed E-state index contributed by atoms with van der Waals surface area (Å²) in [5.74, 6) is 1.84. The molecule has 10 rings (SSSR count). The van der Waals surface area contributed by atoms with E-state index in [4.69, 9.17) is 19.4 Å². The van der Waals surface area contributed by atoms with Crippen molar-refractivity contribution in [2.24, 2.45) is 0 Å². The summed E-state index contributed by atoms with van der Waals surface area (Å²) in [6.45, 7) is 0. The second-order valence-corrected chi connectivity index (χ2v) is 13.9. The molecule has 266 valence electrons. The summed E-state index contributed by atoms with van der Waals surface area (Å²) in [6, 6.07) is 68.1. The minimum atomic E-state index is 0.594. The Bertz CT molecular complexity index is 3040. The van der Waals surface area contributed by atoms with Crippen LogP contribution in [0.2, 0.25) is 0 Å². The van der Waals surface area contributed by atoms with Crippen molar-refractivity contribution in [3.05, 3.63) is 200 Å². The Morgan fingerprint density at radius 1 is 0.351 bits per heavy atom. The standard InChI is InChI=1S/C52H32N4O/c53-33-34-14-13-23-41(30-34)44-29-28-43(47-46-32-42(35-15-5-1-6-16-35)31-45(48(46)57-49(44)47)36-17-7-2-8-18-36)37-24-26-40(27-25-37)52-55-50(38-19-9-3-10-20-38)54-51(56-52)39-21-11-4-12-22-39/h1-32H. The summed E-state index contributed by atoms with van der Waals surface area (Å²) >= 11 is 0. The van der Waals surface area contributed by atoms with E-state index in [0.29, 0.717) is 23.0 Å². The van der Waals surface area contributed by atoms with Crippen LogP contribution in [0.3, 0.4) is 0 Å². The molecule has 5 nitrogen and oxygen atoms in total. The predicted octanol–water partition coefficient (Wildman–Crippen LogP) is 13.3. The molecule has 0 saturated heterocycles. The number of aromatic nitrogens is 3. The first-order valence-corrected chi connectivity index (χ1v) is 18.8. The van der Waals surface area contributed by atoms with Gasteiger partial charge in [0, 0.05) is 38.6 Å². The van der Waals surface area contributed by atoms with Crippen LogP contribution in [0.15, 0.2) is 199 Å². The molecule has 0 unspecified atom stereocenters. The van der Waals surface area contributed by atoms with Crippen molar-refractivity contribution in [3.63, 3.8) is 0 Å². The second-order valence-electron chi connectivity index (χ2n) is 13.9. The Morgan fingerprint density at radius 3 is 1.40 bits per heavy atom. The lowest BCUT2D eigenvalue weighted by molar-refractivity contribution is 0.671. The van der Waals surface area contributed by atoms with E-state index >= 15 is 0 Å². The first kappa shape index (κ1) is 33.6. The minimum absolute atomic E-state index is 0.594. The molecule has 0 N–H and O–H groups in total. The monoisotopic (exact) mass is 728 g/mol.